The van der Waals surface area contributed by atoms with Crippen LogP contribution in [-0.2, 0) is 4.74 Å². The molecule has 0 saturated carbocycles. The molecular formula is C14H23N3O3. The van der Waals surface area contributed by atoms with E-state index in [4.69, 9.17) is 4.74 Å². The zero-order valence-electron chi connectivity index (χ0n) is 12.3. The molecule has 20 heavy (non-hydrogen) atoms. The SMILES string of the molecule is CC(NCCOCCN(C)C)c1cccc([N+](=O)[O-])c1. The number of hydrogen-bond acceptors (Lipinski definition) is 5. The Morgan fingerprint density at radius 3 is 2.80 bits per heavy atom. The number of nitro groups is 1. The van der Waals surface area contributed by atoms with Crippen molar-refractivity contribution >= 4 is 5.69 Å². The maximum absolute atomic E-state index is 10.7. The molecular weight excluding hydrogens is 258 g/mol. The third-order valence-corrected chi connectivity index (χ3v) is 2.96. The first-order valence-corrected chi connectivity index (χ1v) is 6.71. The number of ether oxygens (including phenoxy) is 1. The van der Waals surface area contributed by atoms with E-state index < -0.39 is 0 Å². The molecule has 0 aliphatic heterocycles. The average Bonchev–Trinajstić information content (AvgIpc) is 2.42. The topological polar surface area (TPSA) is 67.6 Å². The third kappa shape index (κ3) is 6.10. The highest BCUT2D eigenvalue weighted by molar-refractivity contribution is 5.35. The van der Waals surface area contributed by atoms with Gasteiger partial charge in [-0.05, 0) is 26.6 Å². The molecule has 0 aliphatic rings. The molecule has 1 aromatic rings. The molecule has 0 spiro atoms. The molecule has 6 nitrogen and oxygen atoms in total. The number of rotatable bonds is 9. The monoisotopic (exact) mass is 281 g/mol. The van der Waals surface area contributed by atoms with E-state index in [1.807, 2.05) is 27.1 Å². The van der Waals surface area contributed by atoms with Crippen molar-refractivity contribution in [1.29, 1.82) is 0 Å². The van der Waals surface area contributed by atoms with Gasteiger partial charge in [0, 0.05) is 31.3 Å². The van der Waals surface area contributed by atoms with E-state index in [1.54, 1.807) is 12.1 Å². The Hall–Kier alpha value is -1.50. The second kappa shape index (κ2) is 8.63. The lowest BCUT2D eigenvalue weighted by atomic mass is 10.1. The molecule has 1 N–H and O–H groups in total. The third-order valence-electron chi connectivity index (χ3n) is 2.96. The summed E-state index contributed by atoms with van der Waals surface area (Å²) >= 11 is 0. The standard InChI is InChI=1S/C14H23N3O3/c1-12(15-7-9-20-10-8-16(2)3)13-5-4-6-14(11-13)17(18)19/h4-6,11-12,15H,7-10H2,1-3H3. The maximum Gasteiger partial charge on any atom is 0.269 e. The molecule has 0 radical (unpaired) electrons. The van der Waals surface area contributed by atoms with Crippen molar-refractivity contribution in [1.82, 2.24) is 10.2 Å². The Bertz CT molecular complexity index is 424. The zero-order chi connectivity index (χ0) is 15.0. The molecule has 1 atom stereocenters. The number of nitrogens with zero attached hydrogens (tertiary/aromatic N) is 2. The van der Waals surface area contributed by atoms with E-state index in [0.717, 1.165) is 18.7 Å². The summed E-state index contributed by atoms with van der Waals surface area (Å²) in [7, 11) is 4.01. The van der Waals surface area contributed by atoms with E-state index >= 15 is 0 Å². The summed E-state index contributed by atoms with van der Waals surface area (Å²) in [5.41, 5.74) is 1.03. The van der Waals surface area contributed by atoms with Crippen molar-refractivity contribution in [3.05, 3.63) is 39.9 Å². The first-order chi connectivity index (χ1) is 9.50. The van der Waals surface area contributed by atoms with Crippen molar-refractivity contribution in [2.75, 3.05) is 40.4 Å². The lowest BCUT2D eigenvalue weighted by Crippen LogP contribution is -2.25. The lowest BCUT2D eigenvalue weighted by Gasteiger charge is -2.15. The Morgan fingerprint density at radius 1 is 1.40 bits per heavy atom. The summed E-state index contributed by atoms with van der Waals surface area (Å²) in [6.07, 6.45) is 0. The predicted molar refractivity (Wildman–Crippen MR) is 78.9 cm³/mol. The Labute approximate surface area is 119 Å². The average molecular weight is 281 g/mol. The number of hydrogen-bond donors (Lipinski definition) is 1. The number of benzene rings is 1. The molecule has 1 rings (SSSR count). The van der Waals surface area contributed by atoms with E-state index in [1.165, 1.54) is 6.07 Å². The fourth-order valence-electron chi connectivity index (χ4n) is 1.72. The Morgan fingerprint density at radius 2 is 2.15 bits per heavy atom. The van der Waals surface area contributed by atoms with Gasteiger partial charge in [-0.15, -0.1) is 0 Å². The van der Waals surface area contributed by atoms with Gasteiger partial charge in [-0.3, -0.25) is 10.1 Å². The summed E-state index contributed by atoms with van der Waals surface area (Å²) in [5.74, 6) is 0. The van der Waals surface area contributed by atoms with Gasteiger partial charge >= 0.3 is 0 Å². The first-order valence-electron chi connectivity index (χ1n) is 6.71. The second-order valence-electron chi connectivity index (χ2n) is 4.94. The molecule has 6 heteroatoms. The van der Waals surface area contributed by atoms with Gasteiger partial charge in [0.2, 0.25) is 0 Å². The van der Waals surface area contributed by atoms with Crippen LogP contribution < -0.4 is 5.32 Å². The maximum atomic E-state index is 10.7. The van der Waals surface area contributed by atoms with Crippen LogP contribution in [0, 0.1) is 10.1 Å². The molecule has 1 aromatic carbocycles. The van der Waals surface area contributed by atoms with Crippen LogP contribution in [-0.4, -0.2) is 50.2 Å². The van der Waals surface area contributed by atoms with Gasteiger partial charge < -0.3 is 15.0 Å². The number of nitrogens with one attached hydrogen (secondary N) is 1. The van der Waals surface area contributed by atoms with E-state index in [9.17, 15) is 10.1 Å². The molecule has 0 saturated heterocycles. The fraction of sp³-hybridized carbons (Fsp3) is 0.571. The molecule has 0 heterocycles. The highest BCUT2D eigenvalue weighted by Crippen LogP contribution is 2.18. The van der Waals surface area contributed by atoms with Crippen LogP contribution in [0.4, 0.5) is 5.69 Å². The first kappa shape index (κ1) is 16.6. The number of non-ortho nitro benzene ring substituents is 1. The van der Waals surface area contributed by atoms with E-state index in [0.29, 0.717) is 13.2 Å². The van der Waals surface area contributed by atoms with Crippen molar-refractivity contribution in [3.63, 3.8) is 0 Å². The molecule has 0 fully saturated rings. The number of nitro benzene ring substituents is 1. The molecule has 1 unspecified atom stereocenters. The predicted octanol–water partition coefficient (Wildman–Crippen LogP) is 1.82. The normalized spacial score (nSPS) is 12.6. The minimum absolute atomic E-state index is 0.0624. The van der Waals surface area contributed by atoms with Crippen LogP contribution >= 0.6 is 0 Å². The fourth-order valence-corrected chi connectivity index (χ4v) is 1.72. The largest absolute Gasteiger partial charge is 0.379 e. The Balaban J connectivity index is 2.30. The highest BCUT2D eigenvalue weighted by atomic mass is 16.6. The van der Waals surface area contributed by atoms with Gasteiger partial charge in [0.1, 0.15) is 0 Å². The summed E-state index contributed by atoms with van der Waals surface area (Å²) in [6.45, 7) is 4.95. The van der Waals surface area contributed by atoms with Crippen LogP contribution in [0.5, 0.6) is 0 Å². The number of likely N-dealkylation sites (N-methyl/N-ethyl adjacent to an activating group) is 1. The van der Waals surface area contributed by atoms with Gasteiger partial charge in [0.05, 0.1) is 18.1 Å². The second-order valence-corrected chi connectivity index (χ2v) is 4.94. The van der Waals surface area contributed by atoms with Crippen LogP contribution in [0.2, 0.25) is 0 Å². The molecule has 112 valence electrons. The van der Waals surface area contributed by atoms with Crippen molar-refractivity contribution in [2.24, 2.45) is 0 Å². The van der Waals surface area contributed by atoms with Crippen LogP contribution in [0.15, 0.2) is 24.3 Å². The minimum Gasteiger partial charge on any atom is -0.379 e. The minimum atomic E-state index is -0.374. The summed E-state index contributed by atoms with van der Waals surface area (Å²) in [5, 5.41) is 14.0. The van der Waals surface area contributed by atoms with Crippen LogP contribution in [0.3, 0.4) is 0 Å². The summed E-state index contributed by atoms with van der Waals surface area (Å²) in [4.78, 5) is 12.4. The van der Waals surface area contributed by atoms with E-state index in [-0.39, 0.29) is 16.7 Å². The Kier molecular flexibility index (Phi) is 7.14. The molecule has 0 bridgehead atoms. The van der Waals surface area contributed by atoms with Crippen molar-refractivity contribution < 1.29 is 9.66 Å². The van der Waals surface area contributed by atoms with E-state index in [2.05, 4.69) is 10.2 Å². The van der Waals surface area contributed by atoms with Gasteiger partial charge in [-0.1, -0.05) is 12.1 Å². The summed E-state index contributed by atoms with van der Waals surface area (Å²) < 4.78 is 5.48. The highest BCUT2D eigenvalue weighted by Gasteiger charge is 2.10. The molecule has 0 aliphatic carbocycles. The lowest BCUT2D eigenvalue weighted by molar-refractivity contribution is -0.384. The van der Waals surface area contributed by atoms with Crippen LogP contribution in [0.1, 0.15) is 18.5 Å². The van der Waals surface area contributed by atoms with Gasteiger partial charge in [-0.2, -0.15) is 0 Å². The summed E-state index contributed by atoms with van der Waals surface area (Å²) in [6, 6.07) is 6.76. The quantitative estimate of drug-likeness (QED) is 0.425. The molecule has 0 aromatic heterocycles. The molecule has 0 amide bonds. The smallest absolute Gasteiger partial charge is 0.269 e. The van der Waals surface area contributed by atoms with Gasteiger partial charge in [-0.25, -0.2) is 0 Å². The van der Waals surface area contributed by atoms with Crippen molar-refractivity contribution in [3.8, 4) is 0 Å². The van der Waals surface area contributed by atoms with Gasteiger partial charge in [0.15, 0.2) is 0 Å². The zero-order valence-corrected chi connectivity index (χ0v) is 12.3. The van der Waals surface area contributed by atoms with Gasteiger partial charge in [0.25, 0.3) is 5.69 Å². The van der Waals surface area contributed by atoms with Crippen LogP contribution in [0.25, 0.3) is 0 Å². The van der Waals surface area contributed by atoms with Crippen molar-refractivity contribution in [2.45, 2.75) is 13.0 Å².